The van der Waals surface area contributed by atoms with E-state index in [0.29, 0.717) is 18.5 Å². The van der Waals surface area contributed by atoms with E-state index in [4.69, 9.17) is 5.73 Å². The van der Waals surface area contributed by atoms with Gasteiger partial charge in [0.05, 0.1) is 6.04 Å². The Kier molecular flexibility index (Phi) is 14.5. The van der Waals surface area contributed by atoms with Gasteiger partial charge in [-0.2, -0.15) is 0 Å². The number of hydrogen-bond acceptors (Lipinski definition) is 3. The summed E-state index contributed by atoms with van der Waals surface area (Å²) in [5, 5.41) is 2.86. The van der Waals surface area contributed by atoms with Gasteiger partial charge < -0.3 is 16.0 Å². The normalized spacial score (nSPS) is 13.6. The van der Waals surface area contributed by atoms with Crippen molar-refractivity contribution in [2.75, 3.05) is 20.6 Å². The maximum absolute atomic E-state index is 11.3. The van der Waals surface area contributed by atoms with Gasteiger partial charge in [-0.3, -0.25) is 4.79 Å². The summed E-state index contributed by atoms with van der Waals surface area (Å²) < 4.78 is 0. The second kappa shape index (κ2) is 11.1. The topological polar surface area (TPSA) is 58.4 Å². The van der Waals surface area contributed by atoms with Gasteiger partial charge in [-0.15, -0.1) is 24.8 Å². The summed E-state index contributed by atoms with van der Waals surface area (Å²) in [6, 6.07) is -0.0421. The number of amides is 1. The molecule has 0 aliphatic rings. The summed E-state index contributed by atoms with van der Waals surface area (Å²) in [6.45, 7) is 6.74. The second-order valence-electron chi connectivity index (χ2n) is 4.78. The first-order chi connectivity index (χ1) is 6.84. The summed E-state index contributed by atoms with van der Waals surface area (Å²) in [5.74, 6) is 0.551. The lowest BCUT2D eigenvalue weighted by molar-refractivity contribution is -0.122. The molecule has 1 amide bonds. The Labute approximate surface area is 118 Å². The van der Waals surface area contributed by atoms with Crippen LogP contribution in [0.5, 0.6) is 0 Å². The zero-order valence-corrected chi connectivity index (χ0v) is 13.0. The third kappa shape index (κ3) is 10.8. The Morgan fingerprint density at radius 1 is 1.24 bits per heavy atom. The first-order valence-electron chi connectivity index (χ1n) is 5.54. The van der Waals surface area contributed by atoms with Gasteiger partial charge in [0, 0.05) is 12.6 Å². The van der Waals surface area contributed by atoms with Gasteiger partial charge in [-0.05, 0) is 33.4 Å². The average molecular weight is 288 g/mol. The molecule has 4 nitrogen and oxygen atoms in total. The van der Waals surface area contributed by atoms with Gasteiger partial charge in [-0.1, -0.05) is 13.8 Å². The molecule has 3 N–H and O–H groups in total. The largest absolute Gasteiger partial charge is 0.353 e. The number of hydrogen-bond donors (Lipinski definition) is 2. The summed E-state index contributed by atoms with van der Waals surface area (Å²) >= 11 is 0. The van der Waals surface area contributed by atoms with Crippen molar-refractivity contribution in [1.82, 2.24) is 10.2 Å². The molecular formula is C11H27Cl2N3O. The van der Waals surface area contributed by atoms with Crippen LogP contribution in [0.2, 0.25) is 0 Å². The molecule has 0 rings (SSSR count). The summed E-state index contributed by atoms with van der Waals surface area (Å²) in [6.07, 6.45) is 1.08. The van der Waals surface area contributed by atoms with Crippen LogP contribution in [-0.2, 0) is 4.79 Å². The fraction of sp³-hybridized carbons (Fsp3) is 0.909. The number of nitrogens with one attached hydrogen (secondary N) is 1. The SMILES string of the molecule is CC(C)CC(CNC(=O)C(C)N)N(C)C.Cl.Cl. The highest BCUT2D eigenvalue weighted by Gasteiger charge is 2.15. The van der Waals surface area contributed by atoms with Crippen LogP contribution < -0.4 is 11.1 Å². The molecule has 0 aliphatic heterocycles. The molecule has 6 heteroatoms. The lowest BCUT2D eigenvalue weighted by Gasteiger charge is -2.26. The molecule has 17 heavy (non-hydrogen) atoms. The van der Waals surface area contributed by atoms with Crippen molar-refractivity contribution in [2.45, 2.75) is 39.3 Å². The Hall–Kier alpha value is -0.0300. The quantitative estimate of drug-likeness (QED) is 0.774. The molecule has 0 aliphatic carbocycles. The van der Waals surface area contributed by atoms with Crippen LogP contribution in [0, 0.1) is 5.92 Å². The lowest BCUT2D eigenvalue weighted by atomic mass is 10.0. The van der Waals surface area contributed by atoms with Crippen LogP contribution in [0.25, 0.3) is 0 Å². The van der Waals surface area contributed by atoms with Gasteiger partial charge in [0.2, 0.25) is 5.91 Å². The van der Waals surface area contributed by atoms with E-state index in [1.807, 2.05) is 14.1 Å². The summed E-state index contributed by atoms with van der Waals surface area (Å²) in [7, 11) is 4.07. The standard InChI is InChI=1S/C11H25N3O.2ClH/c1-8(2)6-10(14(4)5)7-13-11(15)9(3)12;;/h8-10H,6-7,12H2,1-5H3,(H,13,15);2*1H. The molecule has 2 atom stereocenters. The molecule has 2 unspecified atom stereocenters. The Morgan fingerprint density at radius 3 is 2.00 bits per heavy atom. The number of nitrogens with zero attached hydrogens (tertiary/aromatic N) is 1. The molecule has 0 aromatic carbocycles. The highest BCUT2D eigenvalue weighted by Crippen LogP contribution is 2.07. The van der Waals surface area contributed by atoms with Gasteiger partial charge in [0.15, 0.2) is 0 Å². The van der Waals surface area contributed by atoms with Crippen molar-refractivity contribution < 1.29 is 4.79 Å². The molecular weight excluding hydrogens is 261 g/mol. The van der Waals surface area contributed by atoms with Crippen LogP contribution in [0.1, 0.15) is 27.2 Å². The maximum atomic E-state index is 11.3. The number of carbonyl (C=O) groups is 1. The monoisotopic (exact) mass is 287 g/mol. The lowest BCUT2D eigenvalue weighted by Crippen LogP contribution is -2.45. The van der Waals surface area contributed by atoms with Crippen molar-refractivity contribution in [1.29, 1.82) is 0 Å². The number of likely N-dealkylation sites (N-methyl/N-ethyl adjacent to an activating group) is 1. The molecule has 0 aromatic heterocycles. The first kappa shape index (κ1) is 22.2. The minimum absolute atomic E-state index is 0. The third-order valence-corrected chi connectivity index (χ3v) is 2.40. The van der Waals surface area contributed by atoms with E-state index in [-0.39, 0.29) is 30.7 Å². The maximum Gasteiger partial charge on any atom is 0.236 e. The van der Waals surface area contributed by atoms with Crippen LogP contribution in [0.15, 0.2) is 0 Å². The minimum atomic E-state index is -0.424. The van der Waals surface area contributed by atoms with E-state index < -0.39 is 6.04 Å². The molecule has 0 bridgehead atoms. The minimum Gasteiger partial charge on any atom is -0.353 e. The van der Waals surface area contributed by atoms with Crippen LogP contribution in [-0.4, -0.2) is 43.5 Å². The highest BCUT2D eigenvalue weighted by molar-refractivity contribution is 5.85. The third-order valence-electron chi connectivity index (χ3n) is 2.40. The predicted octanol–water partition coefficient (Wildman–Crippen LogP) is 1.27. The molecule has 0 aromatic rings. The Balaban J connectivity index is -0.000000980. The van der Waals surface area contributed by atoms with Gasteiger partial charge in [0.1, 0.15) is 0 Å². The van der Waals surface area contributed by atoms with Crippen molar-refractivity contribution in [3.63, 3.8) is 0 Å². The van der Waals surface area contributed by atoms with E-state index in [9.17, 15) is 4.79 Å². The molecule has 0 fully saturated rings. The van der Waals surface area contributed by atoms with Crippen LogP contribution in [0.3, 0.4) is 0 Å². The Morgan fingerprint density at radius 2 is 1.71 bits per heavy atom. The molecule has 0 radical (unpaired) electrons. The van der Waals surface area contributed by atoms with Crippen molar-refractivity contribution in [2.24, 2.45) is 11.7 Å². The van der Waals surface area contributed by atoms with E-state index in [1.54, 1.807) is 6.92 Å². The molecule has 0 saturated carbocycles. The van der Waals surface area contributed by atoms with E-state index >= 15 is 0 Å². The Bertz CT molecular complexity index is 199. The van der Waals surface area contributed by atoms with E-state index in [0.717, 1.165) is 6.42 Å². The zero-order valence-electron chi connectivity index (χ0n) is 11.4. The van der Waals surface area contributed by atoms with Gasteiger partial charge in [-0.25, -0.2) is 0 Å². The second-order valence-corrected chi connectivity index (χ2v) is 4.78. The van der Waals surface area contributed by atoms with Crippen LogP contribution in [0.4, 0.5) is 0 Å². The predicted molar refractivity (Wildman–Crippen MR) is 78.1 cm³/mol. The van der Waals surface area contributed by atoms with Crippen molar-refractivity contribution in [3.05, 3.63) is 0 Å². The number of rotatable bonds is 6. The number of nitrogens with two attached hydrogens (primary N) is 1. The summed E-state index contributed by atoms with van der Waals surface area (Å²) in [5.41, 5.74) is 5.47. The van der Waals surface area contributed by atoms with Crippen molar-refractivity contribution >= 4 is 30.7 Å². The first-order valence-corrected chi connectivity index (χ1v) is 5.54. The molecule has 0 spiro atoms. The van der Waals surface area contributed by atoms with Gasteiger partial charge in [0.25, 0.3) is 0 Å². The van der Waals surface area contributed by atoms with E-state index in [2.05, 4.69) is 24.1 Å². The van der Waals surface area contributed by atoms with Gasteiger partial charge >= 0.3 is 0 Å². The summed E-state index contributed by atoms with van der Waals surface area (Å²) in [4.78, 5) is 13.4. The van der Waals surface area contributed by atoms with Crippen LogP contribution >= 0.6 is 24.8 Å². The molecule has 106 valence electrons. The molecule has 0 heterocycles. The van der Waals surface area contributed by atoms with Crippen molar-refractivity contribution in [3.8, 4) is 0 Å². The highest BCUT2D eigenvalue weighted by atomic mass is 35.5. The smallest absolute Gasteiger partial charge is 0.236 e. The average Bonchev–Trinajstić information content (AvgIpc) is 2.10. The molecule has 0 saturated heterocycles. The zero-order chi connectivity index (χ0) is 12.0. The number of halogens is 2. The van der Waals surface area contributed by atoms with E-state index in [1.165, 1.54) is 0 Å². The number of carbonyl (C=O) groups excluding carboxylic acids is 1. The fourth-order valence-electron chi connectivity index (χ4n) is 1.40. The fourth-order valence-corrected chi connectivity index (χ4v) is 1.40.